The SMILES string of the molecule is COC(=O)[C@H]1O[C@@H](Oc2cc(C3CC(=O)c4c(O)cc(OC)cc4O3)ccc2OC)[C@H](O)[C@@H](O)[C@@H]1O. The first-order chi connectivity index (χ1) is 17.2. The minimum atomic E-state index is -1.76. The number of benzene rings is 2. The second-order valence-electron chi connectivity index (χ2n) is 8.20. The van der Waals surface area contributed by atoms with Crippen molar-refractivity contribution in [2.24, 2.45) is 0 Å². The Bertz CT molecular complexity index is 1150. The predicted molar refractivity (Wildman–Crippen MR) is 119 cm³/mol. The van der Waals surface area contributed by atoms with E-state index in [1.807, 2.05) is 0 Å². The van der Waals surface area contributed by atoms with Crippen molar-refractivity contribution in [3.8, 4) is 28.7 Å². The molecule has 0 bridgehead atoms. The zero-order valence-corrected chi connectivity index (χ0v) is 19.6. The minimum Gasteiger partial charge on any atom is -0.507 e. The van der Waals surface area contributed by atoms with Crippen LogP contribution in [0.3, 0.4) is 0 Å². The highest BCUT2D eigenvalue weighted by Gasteiger charge is 2.48. The molecule has 0 radical (unpaired) electrons. The number of esters is 1. The van der Waals surface area contributed by atoms with Gasteiger partial charge in [-0.1, -0.05) is 6.07 Å². The number of aliphatic hydroxyl groups excluding tert-OH is 3. The van der Waals surface area contributed by atoms with Gasteiger partial charge in [-0.25, -0.2) is 4.79 Å². The number of methoxy groups -OCH3 is 3. The summed E-state index contributed by atoms with van der Waals surface area (Å²) in [6.07, 6.45) is -9.26. The van der Waals surface area contributed by atoms with Gasteiger partial charge in [0, 0.05) is 12.1 Å². The first-order valence-corrected chi connectivity index (χ1v) is 10.9. The van der Waals surface area contributed by atoms with Gasteiger partial charge in [0.1, 0.15) is 47.2 Å². The van der Waals surface area contributed by atoms with Crippen LogP contribution in [-0.4, -0.2) is 84.2 Å². The lowest BCUT2D eigenvalue weighted by atomic mass is 9.95. The van der Waals surface area contributed by atoms with Crippen molar-refractivity contribution >= 4 is 11.8 Å². The Labute approximate surface area is 205 Å². The normalized spacial score (nSPS) is 27.4. The second kappa shape index (κ2) is 10.2. The number of hydrogen-bond donors (Lipinski definition) is 4. The van der Waals surface area contributed by atoms with Crippen molar-refractivity contribution in [3.05, 3.63) is 41.5 Å². The summed E-state index contributed by atoms with van der Waals surface area (Å²) in [4.78, 5) is 24.7. The molecule has 1 unspecified atom stereocenters. The monoisotopic (exact) mass is 506 g/mol. The third kappa shape index (κ3) is 4.63. The number of hydrogen-bond acceptors (Lipinski definition) is 12. The average molecular weight is 506 g/mol. The highest BCUT2D eigenvalue weighted by molar-refractivity contribution is 6.02. The van der Waals surface area contributed by atoms with E-state index in [-0.39, 0.29) is 40.8 Å². The van der Waals surface area contributed by atoms with Crippen molar-refractivity contribution in [1.82, 2.24) is 0 Å². The Hall–Kier alpha value is -3.58. The van der Waals surface area contributed by atoms with Gasteiger partial charge in [0.05, 0.1) is 27.8 Å². The van der Waals surface area contributed by atoms with Crippen LogP contribution in [0.5, 0.6) is 28.7 Å². The molecule has 0 spiro atoms. The third-order valence-corrected chi connectivity index (χ3v) is 6.02. The Morgan fingerprint density at radius 1 is 0.972 bits per heavy atom. The first-order valence-electron chi connectivity index (χ1n) is 10.9. The van der Waals surface area contributed by atoms with Crippen LogP contribution < -0.4 is 18.9 Å². The summed E-state index contributed by atoms with van der Waals surface area (Å²) in [5.41, 5.74) is 0.541. The molecular formula is C24H26O12. The molecule has 2 aromatic rings. The predicted octanol–water partition coefficient (Wildman–Crippen LogP) is 0.475. The molecule has 4 rings (SSSR count). The zero-order valence-electron chi connectivity index (χ0n) is 19.6. The molecule has 2 aliphatic heterocycles. The van der Waals surface area contributed by atoms with E-state index in [2.05, 4.69) is 4.74 Å². The molecule has 6 atom stereocenters. The molecule has 1 fully saturated rings. The van der Waals surface area contributed by atoms with E-state index in [0.717, 1.165) is 7.11 Å². The second-order valence-corrected chi connectivity index (χ2v) is 8.20. The van der Waals surface area contributed by atoms with Crippen molar-refractivity contribution in [2.45, 2.75) is 43.2 Å². The van der Waals surface area contributed by atoms with Crippen molar-refractivity contribution in [1.29, 1.82) is 0 Å². The highest BCUT2D eigenvalue weighted by atomic mass is 16.7. The molecule has 2 aliphatic rings. The molecule has 36 heavy (non-hydrogen) atoms. The van der Waals surface area contributed by atoms with Gasteiger partial charge in [0.15, 0.2) is 23.4 Å². The number of aliphatic hydroxyl groups is 3. The van der Waals surface area contributed by atoms with Crippen LogP contribution in [0.1, 0.15) is 28.4 Å². The summed E-state index contributed by atoms with van der Waals surface area (Å²) in [5.74, 6) is -0.847. The number of aromatic hydroxyl groups is 1. The lowest BCUT2D eigenvalue weighted by Gasteiger charge is -2.39. The quantitative estimate of drug-likeness (QED) is 0.400. The number of phenols is 1. The van der Waals surface area contributed by atoms with E-state index in [1.165, 1.54) is 38.5 Å². The lowest BCUT2D eigenvalue weighted by molar-refractivity contribution is -0.272. The van der Waals surface area contributed by atoms with Crippen LogP contribution in [0.15, 0.2) is 30.3 Å². The molecule has 194 valence electrons. The Morgan fingerprint density at radius 3 is 2.39 bits per heavy atom. The van der Waals surface area contributed by atoms with Crippen molar-refractivity contribution in [2.75, 3.05) is 21.3 Å². The molecule has 12 nitrogen and oxygen atoms in total. The molecule has 12 heteroatoms. The fourth-order valence-corrected chi connectivity index (χ4v) is 4.09. The molecule has 0 saturated carbocycles. The number of rotatable bonds is 6. The number of ether oxygens (including phenoxy) is 6. The van der Waals surface area contributed by atoms with Crippen LogP contribution in [0.25, 0.3) is 0 Å². The lowest BCUT2D eigenvalue weighted by Crippen LogP contribution is -2.61. The van der Waals surface area contributed by atoms with Gasteiger partial charge < -0.3 is 48.8 Å². The van der Waals surface area contributed by atoms with E-state index in [0.29, 0.717) is 11.3 Å². The molecule has 4 N–H and O–H groups in total. The van der Waals surface area contributed by atoms with Gasteiger partial charge in [-0.2, -0.15) is 0 Å². The van der Waals surface area contributed by atoms with E-state index < -0.39 is 42.8 Å². The van der Waals surface area contributed by atoms with Crippen LogP contribution in [-0.2, 0) is 14.3 Å². The molecule has 2 aromatic carbocycles. The number of ketones is 1. The molecule has 1 saturated heterocycles. The fraction of sp³-hybridized carbons (Fsp3) is 0.417. The summed E-state index contributed by atoms with van der Waals surface area (Å²) in [6.45, 7) is 0. The molecule has 0 aliphatic carbocycles. The average Bonchev–Trinajstić information content (AvgIpc) is 2.87. The van der Waals surface area contributed by atoms with Crippen molar-refractivity contribution in [3.63, 3.8) is 0 Å². The van der Waals surface area contributed by atoms with E-state index in [9.17, 15) is 30.0 Å². The number of carbonyl (C=O) groups is 2. The van der Waals surface area contributed by atoms with Gasteiger partial charge in [-0.15, -0.1) is 0 Å². The summed E-state index contributed by atoms with van der Waals surface area (Å²) in [7, 11) is 3.87. The number of Topliss-reactive ketones (excluding diaryl/α,β-unsaturated/α-hetero) is 1. The summed E-state index contributed by atoms with van der Waals surface area (Å²) < 4.78 is 32.1. The largest absolute Gasteiger partial charge is 0.507 e. The maximum Gasteiger partial charge on any atom is 0.337 e. The van der Waals surface area contributed by atoms with Gasteiger partial charge in [-0.05, 0) is 17.7 Å². The molecule has 0 aromatic heterocycles. The van der Waals surface area contributed by atoms with Crippen LogP contribution in [0.4, 0.5) is 0 Å². The summed E-state index contributed by atoms with van der Waals surface area (Å²) >= 11 is 0. The number of carbonyl (C=O) groups excluding carboxylic acids is 2. The van der Waals surface area contributed by atoms with Gasteiger partial charge in [0.25, 0.3) is 0 Å². The molecule has 0 amide bonds. The molecule has 2 heterocycles. The van der Waals surface area contributed by atoms with E-state index in [4.69, 9.17) is 23.7 Å². The Balaban J connectivity index is 1.62. The minimum absolute atomic E-state index is 0.0431. The number of fused-ring (bicyclic) bond motifs is 1. The van der Waals surface area contributed by atoms with Crippen LogP contribution >= 0.6 is 0 Å². The third-order valence-electron chi connectivity index (χ3n) is 6.02. The summed E-state index contributed by atoms with van der Waals surface area (Å²) in [6, 6.07) is 7.48. The smallest absolute Gasteiger partial charge is 0.337 e. The van der Waals surface area contributed by atoms with E-state index >= 15 is 0 Å². The standard InChI is InChI=1S/C24H26O12/c1-31-11-7-12(25)18-13(26)9-15(34-17(18)8-11)10-4-5-14(32-2)16(6-10)35-24-21(29)19(27)20(28)22(36-24)23(30)33-3/h4-8,15,19-22,24-25,27-29H,9H2,1-3H3/t15?,19-,20-,21+,22-,24+/m0/s1. The maximum absolute atomic E-state index is 12.8. The van der Waals surface area contributed by atoms with E-state index in [1.54, 1.807) is 6.07 Å². The Morgan fingerprint density at radius 2 is 1.72 bits per heavy atom. The fourth-order valence-electron chi connectivity index (χ4n) is 4.09. The first kappa shape index (κ1) is 25.5. The number of phenolic OH excluding ortho intramolecular Hbond substituents is 1. The maximum atomic E-state index is 12.8. The molecular weight excluding hydrogens is 480 g/mol. The summed E-state index contributed by atoms with van der Waals surface area (Å²) in [5, 5.41) is 40.9. The topological polar surface area (TPSA) is 170 Å². The van der Waals surface area contributed by atoms with Gasteiger partial charge >= 0.3 is 5.97 Å². The van der Waals surface area contributed by atoms with Crippen molar-refractivity contribution < 1.29 is 58.4 Å². The highest BCUT2D eigenvalue weighted by Crippen LogP contribution is 2.43. The Kier molecular flexibility index (Phi) is 7.22. The van der Waals surface area contributed by atoms with Gasteiger partial charge in [0.2, 0.25) is 6.29 Å². The van der Waals surface area contributed by atoms with Crippen LogP contribution in [0.2, 0.25) is 0 Å². The van der Waals surface area contributed by atoms with Crippen LogP contribution in [0, 0.1) is 0 Å². The zero-order chi connectivity index (χ0) is 26.1. The van der Waals surface area contributed by atoms with Gasteiger partial charge in [-0.3, -0.25) is 4.79 Å².